The number of pyridine rings is 1. The number of hydrogen-bond acceptors (Lipinski definition) is 5. The maximum Gasteiger partial charge on any atom is 0.244 e. The topological polar surface area (TPSA) is 77.3 Å². The number of aromatic nitrogens is 1. The number of benzene rings is 1. The van der Waals surface area contributed by atoms with E-state index in [1.165, 1.54) is 16.4 Å². The highest BCUT2D eigenvalue weighted by Gasteiger charge is 2.30. The first-order valence-corrected chi connectivity index (χ1v) is 9.16. The van der Waals surface area contributed by atoms with E-state index in [1.807, 2.05) is 24.4 Å². The number of sulfonamides is 1. The molecule has 0 amide bonds. The predicted octanol–water partition coefficient (Wildman–Crippen LogP) is 1.46. The maximum atomic E-state index is 12.8. The summed E-state index contributed by atoms with van der Waals surface area (Å²) in [5, 5.41) is 9.14. The van der Waals surface area contributed by atoms with Crippen LogP contribution in [0.5, 0.6) is 0 Å². The smallest absolute Gasteiger partial charge is 0.244 e. The number of nitrogens with zero attached hydrogens (tertiary/aromatic N) is 4. The molecule has 0 bridgehead atoms. The Morgan fingerprint density at radius 3 is 2.50 bits per heavy atom. The molecule has 0 spiro atoms. The SMILES string of the molecule is N#Cc1ccccc1S(=O)(=O)N1CCN(Cc2cccnc2)CC1. The Kier molecular flexibility index (Phi) is 4.90. The molecule has 2 heterocycles. The summed E-state index contributed by atoms with van der Waals surface area (Å²) in [5.74, 6) is 0. The van der Waals surface area contributed by atoms with Crippen LogP contribution < -0.4 is 0 Å². The fourth-order valence-corrected chi connectivity index (χ4v) is 4.37. The van der Waals surface area contributed by atoms with Gasteiger partial charge in [0.05, 0.1) is 10.5 Å². The third-order valence-corrected chi connectivity index (χ3v) is 6.04. The zero-order valence-corrected chi connectivity index (χ0v) is 14.0. The Labute approximate surface area is 142 Å². The quantitative estimate of drug-likeness (QED) is 0.841. The number of rotatable bonds is 4. The molecule has 1 fully saturated rings. The molecule has 1 aromatic heterocycles. The van der Waals surface area contributed by atoms with Gasteiger partial charge in [0.2, 0.25) is 10.0 Å². The fourth-order valence-electron chi connectivity index (χ4n) is 2.80. The van der Waals surface area contributed by atoms with Crippen LogP contribution in [0.3, 0.4) is 0 Å². The van der Waals surface area contributed by atoms with Gasteiger partial charge in [-0.1, -0.05) is 18.2 Å². The molecule has 0 aliphatic carbocycles. The predicted molar refractivity (Wildman–Crippen MR) is 89.4 cm³/mol. The molecule has 1 aliphatic heterocycles. The van der Waals surface area contributed by atoms with Crippen molar-refractivity contribution in [3.8, 4) is 6.07 Å². The second kappa shape index (κ2) is 7.09. The van der Waals surface area contributed by atoms with Gasteiger partial charge in [-0.25, -0.2) is 8.42 Å². The van der Waals surface area contributed by atoms with Gasteiger partial charge in [0.1, 0.15) is 6.07 Å². The van der Waals surface area contributed by atoms with Crippen LogP contribution in [0.15, 0.2) is 53.7 Å². The molecule has 0 N–H and O–H groups in total. The van der Waals surface area contributed by atoms with Crippen molar-refractivity contribution in [3.05, 3.63) is 59.9 Å². The molecule has 1 aliphatic rings. The van der Waals surface area contributed by atoms with Crippen molar-refractivity contribution < 1.29 is 8.42 Å². The van der Waals surface area contributed by atoms with E-state index >= 15 is 0 Å². The van der Waals surface area contributed by atoms with Gasteiger partial charge in [0, 0.05) is 45.1 Å². The van der Waals surface area contributed by atoms with Crippen LogP contribution in [-0.4, -0.2) is 48.8 Å². The largest absolute Gasteiger partial charge is 0.296 e. The van der Waals surface area contributed by atoms with Gasteiger partial charge in [-0.2, -0.15) is 9.57 Å². The summed E-state index contributed by atoms with van der Waals surface area (Å²) in [7, 11) is -3.63. The lowest BCUT2D eigenvalue weighted by Gasteiger charge is -2.34. The van der Waals surface area contributed by atoms with Gasteiger partial charge in [-0.15, -0.1) is 0 Å². The van der Waals surface area contributed by atoms with Gasteiger partial charge in [-0.3, -0.25) is 9.88 Å². The minimum absolute atomic E-state index is 0.0909. The van der Waals surface area contributed by atoms with Crippen molar-refractivity contribution in [1.29, 1.82) is 5.26 Å². The van der Waals surface area contributed by atoms with E-state index in [2.05, 4.69) is 9.88 Å². The van der Waals surface area contributed by atoms with Gasteiger partial charge in [0.15, 0.2) is 0 Å². The van der Waals surface area contributed by atoms with E-state index < -0.39 is 10.0 Å². The summed E-state index contributed by atoms with van der Waals surface area (Å²) in [6.45, 7) is 2.91. The Bertz CT molecular complexity index is 838. The molecule has 6 nitrogen and oxygen atoms in total. The average Bonchev–Trinajstić information content (AvgIpc) is 2.63. The Morgan fingerprint density at radius 1 is 1.08 bits per heavy atom. The summed E-state index contributed by atoms with van der Waals surface area (Å²) in [4.78, 5) is 6.40. The second-order valence-corrected chi connectivity index (χ2v) is 7.56. The first-order valence-electron chi connectivity index (χ1n) is 7.72. The molecule has 3 rings (SSSR count). The lowest BCUT2D eigenvalue weighted by atomic mass is 10.2. The third kappa shape index (κ3) is 3.46. The van der Waals surface area contributed by atoms with Gasteiger partial charge in [0.25, 0.3) is 0 Å². The van der Waals surface area contributed by atoms with Crippen molar-refractivity contribution in [2.75, 3.05) is 26.2 Å². The van der Waals surface area contributed by atoms with E-state index in [1.54, 1.807) is 18.3 Å². The molecule has 124 valence electrons. The first kappa shape index (κ1) is 16.6. The molecule has 24 heavy (non-hydrogen) atoms. The molecule has 7 heteroatoms. The molecule has 0 atom stereocenters. The lowest BCUT2D eigenvalue weighted by molar-refractivity contribution is 0.181. The van der Waals surface area contributed by atoms with Crippen LogP contribution in [0.2, 0.25) is 0 Å². The summed E-state index contributed by atoms with van der Waals surface area (Å²) >= 11 is 0. The molecule has 1 aromatic carbocycles. The molecule has 0 radical (unpaired) electrons. The van der Waals surface area contributed by atoms with E-state index in [4.69, 9.17) is 5.26 Å². The van der Waals surface area contributed by atoms with Crippen molar-refractivity contribution in [2.24, 2.45) is 0 Å². The summed E-state index contributed by atoms with van der Waals surface area (Å²) in [6, 6.07) is 12.2. The normalized spacial score (nSPS) is 16.6. The number of nitriles is 1. The minimum Gasteiger partial charge on any atom is -0.296 e. The Balaban J connectivity index is 1.69. The van der Waals surface area contributed by atoms with Gasteiger partial charge < -0.3 is 0 Å². The zero-order valence-electron chi connectivity index (χ0n) is 13.2. The molecule has 1 saturated heterocycles. The Hall–Kier alpha value is -2.27. The highest BCUT2D eigenvalue weighted by atomic mass is 32.2. The third-order valence-electron chi connectivity index (χ3n) is 4.09. The zero-order chi connectivity index (χ0) is 17.0. The van der Waals surface area contributed by atoms with Crippen molar-refractivity contribution >= 4 is 10.0 Å². The Morgan fingerprint density at radius 2 is 1.83 bits per heavy atom. The van der Waals surface area contributed by atoms with Crippen LogP contribution in [0.25, 0.3) is 0 Å². The van der Waals surface area contributed by atoms with Gasteiger partial charge >= 0.3 is 0 Å². The van der Waals surface area contributed by atoms with E-state index in [9.17, 15) is 8.42 Å². The molecular weight excluding hydrogens is 324 g/mol. The van der Waals surface area contributed by atoms with Crippen molar-refractivity contribution in [1.82, 2.24) is 14.2 Å². The standard InChI is InChI=1S/C17H18N4O2S/c18-12-16-5-1-2-6-17(16)24(22,23)21-10-8-20(9-11-21)14-15-4-3-7-19-13-15/h1-7,13H,8-11,14H2. The van der Waals surface area contributed by atoms with E-state index in [-0.39, 0.29) is 10.5 Å². The molecule has 2 aromatic rings. The van der Waals surface area contributed by atoms with E-state index in [0.717, 1.165) is 12.1 Å². The average molecular weight is 342 g/mol. The van der Waals surface area contributed by atoms with E-state index in [0.29, 0.717) is 26.2 Å². The molecular formula is C17H18N4O2S. The second-order valence-electron chi connectivity index (χ2n) is 5.65. The van der Waals surface area contributed by atoms with Crippen LogP contribution in [0.4, 0.5) is 0 Å². The van der Waals surface area contributed by atoms with Crippen LogP contribution in [0, 0.1) is 11.3 Å². The van der Waals surface area contributed by atoms with Crippen molar-refractivity contribution in [2.45, 2.75) is 11.4 Å². The van der Waals surface area contributed by atoms with Crippen molar-refractivity contribution in [3.63, 3.8) is 0 Å². The van der Waals surface area contributed by atoms with Crippen LogP contribution in [-0.2, 0) is 16.6 Å². The van der Waals surface area contributed by atoms with Crippen LogP contribution >= 0.6 is 0 Å². The fraction of sp³-hybridized carbons (Fsp3) is 0.294. The molecule has 0 saturated carbocycles. The number of hydrogen-bond donors (Lipinski definition) is 0. The van der Waals surface area contributed by atoms with Crippen LogP contribution in [0.1, 0.15) is 11.1 Å². The van der Waals surface area contributed by atoms with Gasteiger partial charge in [-0.05, 0) is 23.8 Å². The maximum absolute atomic E-state index is 12.8. The molecule has 0 unspecified atom stereocenters. The summed E-state index contributed by atoms with van der Waals surface area (Å²) in [5.41, 5.74) is 1.30. The summed E-state index contributed by atoms with van der Waals surface area (Å²) in [6.07, 6.45) is 3.56. The minimum atomic E-state index is -3.63. The highest BCUT2D eigenvalue weighted by molar-refractivity contribution is 7.89. The lowest BCUT2D eigenvalue weighted by Crippen LogP contribution is -2.48. The monoisotopic (exact) mass is 342 g/mol. The summed E-state index contributed by atoms with van der Waals surface area (Å²) < 4.78 is 27.0. The number of piperazine rings is 1. The highest BCUT2D eigenvalue weighted by Crippen LogP contribution is 2.21. The first-order chi connectivity index (χ1) is 11.6.